The summed E-state index contributed by atoms with van der Waals surface area (Å²) in [4.78, 5) is 0. The number of ether oxygens (including phenoxy) is 1. The zero-order valence-electron chi connectivity index (χ0n) is 13.4. The summed E-state index contributed by atoms with van der Waals surface area (Å²) in [5, 5.41) is 3.69. The van der Waals surface area contributed by atoms with Crippen molar-refractivity contribution in [3.8, 4) is 5.75 Å². The SMILES string of the molecule is COc1ccc2c(c1)C1(CC1)CNC2CCc1ccccc1F. The minimum Gasteiger partial charge on any atom is -0.497 e. The number of methoxy groups -OCH3 is 1. The molecule has 1 N–H and O–H groups in total. The first-order chi connectivity index (χ1) is 11.2. The topological polar surface area (TPSA) is 21.3 Å². The van der Waals surface area contributed by atoms with Gasteiger partial charge in [-0.05, 0) is 60.6 Å². The van der Waals surface area contributed by atoms with Crippen molar-refractivity contribution >= 4 is 0 Å². The van der Waals surface area contributed by atoms with Crippen molar-refractivity contribution in [3.63, 3.8) is 0 Å². The molecule has 1 saturated carbocycles. The van der Waals surface area contributed by atoms with E-state index in [9.17, 15) is 4.39 Å². The van der Waals surface area contributed by atoms with Crippen molar-refractivity contribution in [2.75, 3.05) is 13.7 Å². The van der Waals surface area contributed by atoms with E-state index in [-0.39, 0.29) is 5.82 Å². The summed E-state index contributed by atoms with van der Waals surface area (Å²) in [6, 6.07) is 13.8. The Morgan fingerprint density at radius 3 is 2.78 bits per heavy atom. The minimum absolute atomic E-state index is 0.100. The van der Waals surface area contributed by atoms with E-state index >= 15 is 0 Å². The van der Waals surface area contributed by atoms with Crippen LogP contribution in [0.5, 0.6) is 5.75 Å². The first-order valence-electron chi connectivity index (χ1n) is 8.37. The third-order valence-electron chi connectivity index (χ3n) is 5.41. The zero-order valence-corrected chi connectivity index (χ0v) is 13.4. The fourth-order valence-corrected chi connectivity index (χ4v) is 3.80. The monoisotopic (exact) mass is 311 g/mol. The highest BCUT2D eigenvalue weighted by molar-refractivity contribution is 5.47. The average molecular weight is 311 g/mol. The predicted molar refractivity (Wildman–Crippen MR) is 89.4 cm³/mol. The van der Waals surface area contributed by atoms with Gasteiger partial charge >= 0.3 is 0 Å². The number of hydrogen-bond acceptors (Lipinski definition) is 2. The van der Waals surface area contributed by atoms with Crippen molar-refractivity contribution in [2.24, 2.45) is 0 Å². The molecular weight excluding hydrogens is 289 g/mol. The fraction of sp³-hybridized carbons (Fsp3) is 0.400. The van der Waals surface area contributed by atoms with Crippen LogP contribution in [0.4, 0.5) is 4.39 Å². The molecule has 2 aromatic rings. The molecule has 23 heavy (non-hydrogen) atoms. The van der Waals surface area contributed by atoms with Crippen LogP contribution in [0.1, 0.15) is 42.0 Å². The highest BCUT2D eigenvalue weighted by Crippen LogP contribution is 2.53. The quantitative estimate of drug-likeness (QED) is 0.916. The Morgan fingerprint density at radius 1 is 1.22 bits per heavy atom. The molecule has 1 spiro atoms. The minimum atomic E-state index is -0.100. The molecule has 1 unspecified atom stereocenters. The largest absolute Gasteiger partial charge is 0.497 e. The van der Waals surface area contributed by atoms with Gasteiger partial charge in [0, 0.05) is 18.0 Å². The third kappa shape index (κ3) is 2.63. The number of halogens is 1. The lowest BCUT2D eigenvalue weighted by Gasteiger charge is -2.33. The van der Waals surface area contributed by atoms with Crippen LogP contribution in [0, 0.1) is 5.82 Å². The number of rotatable bonds is 4. The Labute approximate surface area is 136 Å². The van der Waals surface area contributed by atoms with Crippen LogP contribution in [0.3, 0.4) is 0 Å². The number of nitrogens with one attached hydrogen (secondary N) is 1. The maximum absolute atomic E-state index is 13.8. The second kappa shape index (κ2) is 5.64. The standard InChI is InChI=1S/C20H22FNO/c1-23-15-7-8-16-17(12-15)20(10-11-20)13-22-19(16)9-6-14-4-2-3-5-18(14)21/h2-5,7-8,12,19,22H,6,9-11,13H2,1H3. The molecule has 0 aromatic heterocycles. The highest BCUT2D eigenvalue weighted by Gasteiger charge is 2.48. The van der Waals surface area contributed by atoms with E-state index in [0.29, 0.717) is 11.5 Å². The van der Waals surface area contributed by atoms with Crippen LogP contribution in [-0.4, -0.2) is 13.7 Å². The summed E-state index contributed by atoms with van der Waals surface area (Å²) >= 11 is 0. The van der Waals surface area contributed by atoms with Gasteiger partial charge < -0.3 is 10.1 Å². The second-order valence-electron chi connectivity index (χ2n) is 6.80. The summed E-state index contributed by atoms with van der Waals surface area (Å²) in [6.45, 7) is 1.02. The van der Waals surface area contributed by atoms with Crippen LogP contribution in [0.15, 0.2) is 42.5 Å². The van der Waals surface area contributed by atoms with Gasteiger partial charge in [-0.15, -0.1) is 0 Å². The van der Waals surface area contributed by atoms with Crippen molar-refractivity contribution in [2.45, 2.75) is 37.1 Å². The molecule has 0 saturated heterocycles. The summed E-state index contributed by atoms with van der Waals surface area (Å²) in [5.41, 5.74) is 3.93. The fourth-order valence-electron chi connectivity index (χ4n) is 3.80. The van der Waals surface area contributed by atoms with E-state index in [1.807, 2.05) is 18.2 Å². The van der Waals surface area contributed by atoms with Crippen molar-refractivity contribution in [3.05, 3.63) is 65.0 Å². The molecule has 2 nitrogen and oxygen atoms in total. The molecule has 2 aliphatic rings. The second-order valence-corrected chi connectivity index (χ2v) is 6.80. The molecule has 1 aliphatic carbocycles. The summed E-state index contributed by atoms with van der Waals surface area (Å²) in [7, 11) is 1.72. The lowest BCUT2D eigenvalue weighted by atomic mass is 9.82. The molecule has 4 rings (SSSR count). The van der Waals surface area contributed by atoms with Gasteiger partial charge in [0.2, 0.25) is 0 Å². The van der Waals surface area contributed by atoms with Crippen molar-refractivity contribution in [1.82, 2.24) is 5.32 Å². The molecule has 1 heterocycles. The zero-order chi connectivity index (χ0) is 15.9. The van der Waals surface area contributed by atoms with Crippen LogP contribution in [0.2, 0.25) is 0 Å². The van der Waals surface area contributed by atoms with E-state index in [1.165, 1.54) is 24.0 Å². The smallest absolute Gasteiger partial charge is 0.126 e. The Hall–Kier alpha value is -1.87. The van der Waals surface area contributed by atoms with Gasteiger partial charge in [0.25, 0.3) is 0 Å². The molecule has 0 radical (unpaired) electrons. The van der Waals surface area contributed by atoms with Crippen LogP contribution < -0.4 is 10.1 Å². The highest BCUT2D eigenvalue weighted by atomic mass is 19.1. The van der Waals surface area contributed by atoms with Gasteiger partial charge in [-0.2, -0.15) is 0 Å². The molecule has 0 amide bonds. The van der Waals surface area contributed by atoms with Crippen LogP contribution in [-0.2, 0) is 11.8 Å². The number of fused-ring (bicyclic) bond motifs is 2. The van der Waals surface area contributed by atoms with Gasteiger partial charge in [0.05, 0.1) is 7.11 Å². The normalized spacial score (nSPS) is 21.0. The van der Waals surface area contributed by atoms with E-state index in [2.05, 4.69) is 17.4 Å². The van der Waals surface area contributed by atoms with Crippen molar-refractivity contribution < 1.29 is 9.13 Å². The predicted octanol–water partition coefficient (Wildman–Crippen LogP) is 4.14. The molecular formula is C20H22FNO. The van der Waals surface area contributed by atoms with Gasteiger partial charge in [-0.25, -0.2) is 4.39 Å². The van der Waals surface area contributed by atoms with E-state index < -0.39 is 0 Å². The maximum Gasteiger partial charge on any atom is 0.126 e. The summed E-state index contributed by atoms with van der Waals surface area (Å²) in [6.07, 6.45) is 4.17. The van der Waals surface area contributed by atoms with E-state index in [0.717, 1.165) is 30.7 Å². The number of benzene rings is 2. The van der Waals surface area contributed by atoms with E-state index in [1.54, 1.807) is 19.2 Å². The van der Waals surface area contributed by atoms with Gasteiger partial charge in [-0.3, -0.25) is 0 Å². The first-order valence-corrected chi connectivity index (χ1v) is 8.37. The molecule has 2 aromatic carbocycles. The van der Waals surface area contributed by atoms with Gasteiger partial charge in [-0.1, -0.05) is 24.3 Å². The number of aryl methyl sites for hydroxylation is 1. The van der Waals surface area contributed by atoms with Gasteiger partial charge in [0.15, 0.2) is 0 Å². The van der Waals surface area contributed by atoms with Crippen LogP contribution in [0.25, 0.3) is 0 Å². The molecule has 1 aliphatic heterocycles. The lowest BCUT2D eigenvalue weighted by molar-refractivity contribution is 0.401. The molecule has 1 atom stereocenters. The Bertz CT molecular complexity index is 723. The Balaban J connectivity index is 1.58. The molecule has 3 heteroatoms. The third-order valence-corrected chi connectivity index (χ3v) is 5.41. The average Bonchev–Trinajstić information content (AvgIpc) is 3.36. The van der Waals surface area contributed by atoms with E-state index in [4.69, 9.17) is 4.74 Å². The molecule has 120 valence electrons. The summed E-state index contributed by atoms with van der Waals surface area (Å²) < 4.78 is 19.2. The Morgan fingerprint density at radius 2 is 2.04 bits per heavy atom. The number of hydrogen-bond donors (Lipinski definition) is 1. The Kier molecular flexibility index (Phi) is 3.61. The van der Waals surface area contributed by atoms with Gasteiger partial charge in [0.1, 0.15) is 11.6 Å². The maximum atomic E-state index is 13.8. The molecule has 0 bridgehead atoms. The summed E-state index contributed by atoms with van der Waals surface area (Å²) in [5.74, 6) is 0.835. The van der Waals surface area contributed by atoms with Crippen LogP contribution >= 0.6 is 0 Å². The lowest BCUT2D eigenvalue weighted by Crippen LogP contribution is -2.37. The molecule has 1 fully saturated rings. The first kappa shape index (κ1) is 14.7. The van der Waals surface area contributed by atoms with Crippen molar-refractivity contribution in [1.29, 1.82) is 0 Å².